The predicted molar refractivity (Wildman–Crippen MR) is 79.4 cm³/mol. The number of pyridine rings is 1. The number of piperidine rings is 1. The van der Waals surface area contributed by atoms with Crippen LogP contribution in [0.1, 0.15) is 29.6 Å². The number of hydrogen-bond donors (Lipinski definition) is 0. The topological polar surface area (TPSA) is 33.2 Å². The monoisotopic (exact) mass is 284 g/mol. The molecule has 0 unspecified atom stereocenters. The van der Waals surface area contributed by atoms with E-state index >= 15 is 0 Å². The molecule has 0 aliphatic carbocycles. The molecule has 0 atom stereocenters. The van der Waals surface area contributed by atoms with Crippen molar-refractivity contribution >= 4 is 5.91 Å². The van der Waals surface area contributed by atoms with Gasteiger partial charge in [-0.15, -0.1) is 0 Å². The quantitative estimate of drug-likeness (QED) is 0.845. The van der Waals surface area contributed by atoms with Crippen LogP contribution in [0.2, 0.25) is 0 Å². The maximum atomic E-state index is 13.0. The number of nitrogens with zero attached hydrogens (tertiary/aromatic N) is 2. The molecule has 21 heavy (non-hydrogen) atoms. The van der Waals surface area contributed by atoms with Gasteiger partial charge in [-0.05, 0) is 43.0 Å². The average Bonchev–Trinajstić information content (AvgIpc) is 2.56. The fourth-order valence-electron chi connectivity index (χ4n) is 2.64. The first-order chi connectivity index (χ1) is 10.2. The second kappa shape index (κ2) is 6.04. The van der Waals surface area contributed by atoms with Gasteiger partial charge in [0.1, 0.15) is 5.82 Å². The van der Waals surface area contributed by atoms with Gasteiger partial charge in [0.15, 0.2) is 0 Å². The molecule has 2 aromatic rings. The molecule has 0 spiro atoms. The number of carbonyl (C=O) groups is 1. The van der Waals surface area contributed by atoms with Crippen LogP contribution in [0.5, 0.6) is 0 Å². The lowest BCUT2D eigenvalue weighted by Gasteiger charge is -2.26. The zero-order valence-corrected chi connectivity index (χ0v) is 11.8. The van der Waals surface area contributed by atoms with Gasteiger partial charge in [-0.3, -0.25) is 9.78 Å². The normalized spacial score (nSPS) is 15.0. The molecule has 1 aromatic heterocycles. The Bertz CT molecular complexity index is 633. The largest absolute Gasteiger partial charge is 0.339 e. The summed E-state index contributed by atoms with van der Waals surface area (Å²) in [5.74, 6) is -0.238. The zero-order valence-electron chi connectivity index (χ0n) is 11.8. The highest BCUT2D eigenvalue weighted by atomic mass is 19.1. The van der Waals surface area contributed by atoms with Crippen molar-refractivity contribution in [3.8, 4) is 11.1 Å². The maximum absolute atomic E-state index is 13.0. The Hall–Kier alpha value is -2.23. The van der Waals surface area contributed by atoms with Crippen molar-refractivity contribution in [1.82, 2.24) is 9.88 Å². The van der Waals surface area contributed by atoms with Crippen LogP contribution in [0.4, 0.5) is 4.39 Å². The Morgan fingerprint density at radius 1 is 1.00 bits per heavy atom. The standard InChI is InChI=1S/C17H17FN2O/c18-16-6-4-13(5-7-16)14-10-15(12-19-11-14)17(21)20-8-2-1-3-9-20/h4-7,10-12H,1-3,8-9H2. The summed E-state index contributed by atoms with van der Waals surface area (Å²) in [4.78, 5) is 18.5. The number of halogens is 1. The fraction of sp³-hybridized carbons (Fsp3) is 0.294. The number of aromatic nitrogens is 1. The molecule has 1 aromatic carbocycles. The van der Waals surface area contributed by atoms with Crippen molar-refractivity contribution in [3.63, 3.8) is 0 Å². The number of likely N-dealkylation sites (tertiary alicyclic amines) is 1. The van der Waals surface area contributed by atoms with Crippen molar-refractivity contribution in [2.75, 3.05) is 13.1 Å². The van der Waals surface area contributed by atoms with Gasteiger partial charge in [-0.2, -0.15) is 0 Å². The molecule has 0 N–H and O–H groups in total. The summed E-state index contributed by atoms with van der Waals surface area (Å²) in [5.41, 5.74) is 2.29. The Morgan fingerprint density at radius 2 is 1.71 bits per heavy atom. The van der Waals surface area contributed by atoms with Crippen molar-refractivity contribution in [1.29, 1.82) is 0 Å². The first-order valence-electron chi connectivity index (χ1n) is 7.24. The number of benzene rings is 1. The van der Waals surface area contributed by atoms with E-state index in [0.29, 0.717) is 5.56 Å². The molecule has 4 heteroatoms. The van der Waals surface area contributed by atoms with E-state index in [1.165, 1.54) is 18.6 Å². The maximum Gasteiger partial charge on any atom is 0.255 e. The minimum atomic E-state index is -0.271. The van der Waals surface area contributed by atoms with Crippen LogP contribution in [0.3, 0.4) is 0 Å². The van der Waals surface area contributed by atoms with E-state index in [-0.39, 0.29) is 11.7 Å². The third-order valence-corrected chi connectivity index (χ3v) is 3.81. The van der Waals surface area contributed by atoms with Gasteiger partial charge in [-0.1, -0.05) is 12.1 Å². The summed E-state index contributed by atoms with van der Waals surface area (Å²) >= 11 is 0. The number of amides is 1. The van der Waals surface area contributed by atoms with E-state index in [4.69, 9.17) is 0 Å². The van der Waals surface area contributed by atoms with Gasteiger partial charge in [0.05, 0.1) is 5.56 Å². The van der Waals surface area contributed by atoms with E-state index in [1.54, 1.807) is 24.5 Å². The minimum Gasteiger partial charge on any atom is -0.339 e. The molecule has 1 aliphatic rings. The zero-order chi connectivity index (χ0) is 14.7. The first kappa shape index (κ1) is 13.7. The lowest BCUT2D eigenvalue weighted by Crippen LogP contribution is -2.35. The van der Waals surface area contributed by atoms with Crippen LogP contribution in [0.25, 0.3) is 11.1 Å². The molecule has 1 saturated heterocycles. The molecule has 1 fully saturated rings. The Kier molecular flexibility index (Phi) is 3.95. The summed E-state index contributed by atoms with van der Waals surface area (Å²) in [6, 6.07) is 8.04. The van der Waals surface area contributed by atoms with E-state index in [0.717, 1.165) is 37.1 Å². The smallest absolute Gasteiger partial charge is 0.255 e. The summed E-state index contributed by atoms with van der Waals surface area (Å²) in [7, 11) is 0. The lowest BCUT2D eigenvalue weighted by molar-refractivity contribution is 0.0724. The summed E-state index contributed by atoms with van der Waals surface area (Å²) in [5, 5.41) is 0. The van der Waals surface area contributed by atoms with E-state index in [9.17, 15) is 9.18 Å². The number of rotatable bonds is 2. The molecule has 1 aliphatic heterocycles. The third-order valence-electron chi connectivity index (χ3n) is 3.81. The van der Waals surface area contributed by atoms with Crippen LogP contribution in [-0.4, -0.2) is 28.9 Å². The van der Waals surface area contributed by atoms with Gasteiger partial charge < -0.3 is 4.90 Å². The second-order valence-corrected chi connectivity index (χ2v) is 5.32. The van der Waals surface area contributed by atoms with E-state index in [1.807, 2.05) is 11.0 Å². The molecular formula is C17H17FN2O. The highest BCUT2D eigenvalue weighted by molar-refractivity contribution is 5.95. The van der Waals surface area contributed by atoms with E-state index in [2.05, 4.69) is 4.98 Å². The van der Waals surface area contributed by atoms with Gasteiger partial charge in [0, 0.05) is 31.0 Å². The van der Waals surface area contributed by atoms with Crippen molar-refractivity contribution in [2.45, 2.75) is 19.3 Å². The van der Waals surface area contributed by atoms with E-state index < -0.39 is 0 Å². The molecule has 2 heterocycles. The molecular weight excluding hydrogens is 267 g/mol. The van der Waals surface area contributed by atoms with Crippen LogP contribution in [0.15, 0.2) is 42.7 Å². The molecule has 0 saturated carbocycles. The Labute approximate surface area is 123 Å². The van der Waals surface area contributed by atoms with Gasteiger partial charge in [-0.25, -0.2) is 4.39 Å². The molecule has 0 radical (unpaired) electrons. The second-order valence-electron chi connectivity index (χ2n) is 5.32. The van der Waals surface area contributed by atoms with Crippen molar-refractivity contribution in [2.24, 2.45) is 0 Å². The van der Waals surface area contributed by atoms with Gasteiger partial charge in [0.25, 0.3) is 5.91 Å². The van der Waals surface area contributed by atoms with Gasteiger partial charge in [0.2, 0.25) is 0 Å². The fourth-order valence-corrected chi connectivity index (χ4v) is 2.64. The summed E-state index contributed by atoms with van der Waals surface area (Å²) < 4.78 is 13.0. The summed E-state index contributed by atoms with van der Waals surface area (Å²) in [6.45, 7) is 1.64. The summed E-state index contributed by atoms with van der Waals surface area (Å²) in [6.07, 6.45) is 6.62. The predicted octanol–water partition coefficient (Wildman–Crippen LogP) is 3.51. The van der Waals surface area contributed by atoms with Gasteiger partial charge >= 0.3 is 0 Å². The Balaban J connectivity index is 1.85. The van der Waals surface area contributed by atoms with Crippen LogP contribution in [-0.2, 0) is 0 Å². The highest BCUT2D eigenvalue weighted by Gasteiger charge is 2.18. The number of hydrogen-bond acceptors (Lipinski definition) is 2. The molecule has 0 bridgehead atoms. The molecule has 3 rings (SSSR count). The lowest BCUT2D eigenvalue weighted by atomic mass is 10.0. The van der Waals surface area contributed by atoms with Crippen molar-refractivity contribution < 1.29 is 9.18 Å². The third kappa shape index (κ3) is 3.10. The molecule has 1 amide bonds. The number of carbonyl (C=O) groups excluding carboxylic acids is 1. The minimum absolute atomic E-state index is 0.0335. The Morgan fingerprint density at radius 3 is 2.43 bits per heavy atom. The molecule has 3 nitrogen and oxygen atoms in total. The van der Waals surface area contributed by atoms with Crippen LogP contribution < -0.4 is 0 Å². The average molecular weight is 284 g/mol. The first-order valence-corrected chi connectivity index (χ1v) is 7.24. The van der Waals surface area contributed by atoms with Crippen molar-refractivity contribution in [3.05, 3.63) is 54.1 Å². The SMILES string of the molecule is O=C(c1cncc(-c2ccc(F)cc2)c1)N1CCCCC1. The highest BCUT2D eigenvalue weighted by Crippen LogP contribution is 2.21. The van der Waals surface area contributed by atoms with Crippen LogP contribution >= 0.6 is 0 Å². The van der Waals surface area contributed by atoms with Crippen LogP contribution in [0, 0.1) is 5.82 Å². The molecule has 108 valence electrons.